The number of carbonyl (C=O) groups is 2. The number of nitrogens with zero attached hydrogens (tertiary/aromatic N) is 1. The summed E-state index contributed by atoms with van der Waals surface area (Å²) in [4.78, 5) is 25.7. The van der Waals surface area contributed by atoms with Crippen LogP contribution in [0.5, 0.6) is 11.5 Å². The van der Waals surface area contributed by atoms with Crippen molar-refractivity contribution in [2.24, 2.45) is 0 Å². The van der Waals surface area contributed by atoms with Crippen molar-refractivity contribution >= 4 is 57.9 Å². The van der Waals surface area contributed by atoms with E-state index >= 15 is 0 Å². The lowest BCUT2D eigenvalue weighted by Crippen LogP contribution is -2.43. The van der Waals surface area contributed by atoms with Crippen LogP contribution < -0.4 is 9.47 Å². The van der Waals surface area contributed by atoms with Gasteiger partial charge in [-0.2, -0.15) is 0 Å². The molecule has 1 N–H and O–H groups in total. The van der Waals surface area contributed by atoms with Gasteiger partial charge in [0.05, 0.1) is 12.0 Å². The maximum atomic E-state index is 12.8. The van der Waals surface area contributed by atoms with Gasteiger partial charge >= 0.3 is 5.97 Å². The van der Waals surface area contributed by atoms with E-state index in [1.54, 1.807) is 43.3 Å². The lowest BCUT2D eigenvalue weighted by Gasteiger charge is -2.21. The number of benzene rings is 2. The van der Waals surface area contributed by atoms with Gasteiger partial charge in [0.1, 0.15) is 17.0 Å². The third kappa shape index (κ3) is 5.39. The monoisotopic (exact) mass is 477 g/mol. The zero-order valence-electron chi connectivity index (χ0n) is 16.8. The Morgan fingerprint density at radius 2 is 1.97 bits per heavy atom. The van der Waals surface area contributed by atoms with E-state index in [0.29, 0.717) is 33.6 Å². The molecule has 6 nitrogen and oxygen atoms in total. The summed E-state index contributed by atoms with van der Waals surface area (Å²) >= 11 is 12.2. The number of hydrogen-bond acceptors (Lipinski definition) is 6. The Morgan fingerprint density at radius 3 is 2.58 bits per heavy atom. The first kappa shape index (κ1) is 23.1. The van der Waals surface area contributed by atoms with Gasteiger partial charge in [0.25, 0.3) is 5.91 Å². The number of amides is 1. The molecule has 0 aliphatic carbocycles. The van der Waals surface area contributed by atoms with Crippen molar-refractivity contribution in [3.63, 3.8) is 0 Å². The lowest BCUT2D eigenvalue weighted by atomic mass is 10.1. The maximum Gasteiger partial charge on any atom is 0.326 e. The standard InChI is InChI=1S/C22H20ClNO5S2/c1-3-16(21(26)27)24-20(25)19(31-22(24)30)11-14-6-9-17(18(10-14)28-2)29-12-13-4-7-15(23)8-5-13/h4-11,16H,3,12H2,1-2H3,(H,26,27)/b19-11-. The summed E-state index contributed by atoms with van der Waals surface area (Å²) < 4.78 is 11.5. The van der Waals surface area contributed by atoms with E-state index in [4.69, 9.17) is 33.3 Å². The molecule has 0 saturated carbocycles. The van der Waals surface area contributed by atoms with Crippen molar-refractivity contribution in [1.82, 2.24) is 4.90 Å². The highest BCUT2D eigenvalue weighted by atomic mass is 35.5. The highest BCUT2D eigenvalue weighted by Crippen LogP contribution is 2.36. The Balaban J connectivity index is 1.78. The molecule has 1 fully saturated rings. The second kappa shape index (κ2) is 10.2. The fourth-order valence-electron chi connectivity index (χ4n) is 3.00. The number of thioether (sulfide) groups is 1. The van der Waals surface area contributed by atoms with Crippen molar-refractivity contribution in [1.29, 1.82) is 0 Å². The number of ether oxygens (including phenoxy) is 2. The SMILES string of the molecule is CCC(C(=O)O)N1C(=O)/C(=C/c2ccc(OCc3ccc(Cl)cc3)c(OC)c2)SC1=S. The Morgan fingerprint density at radius 1 is 1.26 bits per heavy atom. The predicted octanol–water partition coefficient (Wildman–Crippen LogP) is 4.99. The van der Waals surface area contributed by atoms with Crippen LogP contribution in [0.4, 0.5) is 0 Å². The molecule has 2 aromatic rings. The topological polar surface area (TPSA) is 76.1 Å². The molecular formula is C22H20ClNO5S2. The van der Waals surface area contributed by atoms with Gasteiger partial charge in [-0.05, 0) is 47.9 Å². The van der Waals surface area contributed by atoms with Crippen LogP contribution in [0.25, 0.3) is 6.08 Å². The van der Waals surface area contributed by atoms with Crippen LogP contribution >= 0.6 is 35.6 Å². The number of halogens is 1. The highest BCUT2D eigenvalue weighted by molar-refractivity contribution is 8.26. The number of hydrogen-bond donors (Lipinski definition) is 1. The number of carbonyl (C=O) groups excluding carboxylic acids is 1. The van der Waals surface area contributed by atoms with Crippen LogP contribution in [0, 0.1) is 0 Å². The first-order valence-electron chi connectivity index (χ1n) is 9.39. The Labute approximate surface area is 194 Å². The molecule has 1 aliphatic heterocycles. The van der Waals surface area contributed by atoms with Gasteiger partial charge in [-0.25, -0.2) is 4.79 Å². The Kier molecular flexibility index (Phi) is 7.59. The average molecular weight is 478 g/mol. The Hall–Kier alpha value is -2.55. The first-order chi connectivity index (χ1) is 14.8. The maximum absolute atomic E-state index is 12.8. The molecule has 1 atom stereocenters. The van der Waals surface area contributed by atoms with E-state index in [0.717, 1.165) is 22.2 Å². The fourth-order valence-corrected chi connectivity index (χ4v) is 4.49. The van der Waals surface area contributed by atoms with E-state index in [2.05, 4.69) is 0 Å². The van der Waals surface area contributed by atoms with Gasteiger partial charge in [0.15, 0.2) is 11.5 Å². The number of rotatable bonds is 8. The van der Waals surface area contributed by atoms with Crippen LogP contribution in [0.15, 0.2) is 47.4 Å². The van der Waals surface area contributed by atoms with Gasteiger partial charge in [0.2, 0.25) is 0 Å². The fraction of sp³-hybridized carbons (Fsp3) is 0.227. The quantitative estimate of drug-likeness (QED) is 0.424. The minimum absolute atomic E-state index is 0.236. The molecule has 1 aliphatic rings. The summed E-state index contributed by atoms with van der Waals surface area (Å²) in [5, 5.41) is 10.0. The average Bonchev–Trinajstić information content (AvgIpc) is 3.02. The van der Waals surface area contributed by atoms with E-state index in [1.165, 1.54) is 7.11 Å². The molecule has 3 rings (SSSR count). The number of carboxylic acid groups (broad SMARTS) is 1. The molecule has 9 heteroatoms. The van der Waals surface area contributed by atoms with Gasteiger partial charge in [0, 0.05) is 5.02 Å². The molecule has 162 valence electrons. The smallest absolute Gasteiger partial charge is 0.326 e. The predicted molar refractivity (Wildman–Crippen MR) is 126 cm³/mol. The normalized spacial score (nSPS) is 16.0. The van der Waals surface area contributed by atoms with Crippen LogP contribution in [-0.2, 0) is 16.2 Å². The van der Waals surface area contributed by atoms with E-state index in [9.17, 15) is 14.7 Å². The van der Waals surface area contributed by atoms with Crippen molar-refractivity contribution in [3.05, 3.63) is 63.5 Å². The number of aliphatic carboxylic acids is 1. The summed E-state index contributed by atoms with van der Waals surface area (Å²) in [6.45, 7) is 2.05. The van der Waals surface area contributed by atoms with Crippen LogP contribution in [0.1, 0.15) is 24.5 Å². The third-order valence-electron chi connectivity index (χ3n) is 4.60. The van der Waals surface area contributed by atoms with Crippen molar-refractivity contribution < 1.29 is 24.2 Å². The zero-order chi connectivity index (χ0) is 22.5. The van der Waals surface area contributed by atoms with Crippen molar-refractivity contribution in [3.8, 4) is 11.5 Å². The molecule has 2 aromatic carbocycles. The molecule has 0 radical (unpaired) electrons. The van der Waals surface area contributed by atoms with E-state index in [-0.39, 0.29) is 10.7 Å². The number of methoxy groups -OCH3 is 1. The largest absolute Gasteiger partial charge is 0.493 e. The minimum atomic E-state index is -1.08. The second-order valence-electron chi connectivity index (χ2n) is 6.64. The van der Waals surface area contributed by atoms with Crippen molar-refractivity contribution in [2.75, 3.05) is 7.11 Å². The molecule has 0 spiro atoms. The molecule has 0 bridgehead atoms. The number of thiocarbonyl (C=S) groups is 1. The molecule has 1 unspecified atom stereocenters. The molecule has 1 amide bonds. The van der Waals surface area contributed by atoms with E-state index in [1.807, 2.05) is 12.1 Å². The third-order valence-corrected chi connectivity index (χ3v) is 6.18. The molecular weight excluding hydrogens is 458 g/mol. The first-order valence-corrected chi connectivity index (χ1v) is 11.0. The summed E-state index contributed by atoms with van der Waals surface area (Å²) in [5.74, 6) is -0.426. The van der Waals surface area contributed by atoms with Crippen molar-refractivity contribution in [2.45, 2.75) is 26.0 Å². The van der Waals surface area contributed by atoms with Crippen LogP contribution in [0.2, 0.25) is 5.02 Å². The summed E-state index contributed by atoms with van der Waals surface area (Å²) in [6.07, 6.45) is 1.93. The molecule has 1 saturated heterocycles. The molecule has 0 aromatic heterocycles. The summed E-state index contributed by atoms with van der Waals surface area (Å²) in [7, 11) is 1.53. The van der Waals surface area contributed by atoms with Gasteiger partial charge in [-0.15, -0.1) is 0 Å². The summed E-state index contributed by atoms with van der Waals surface area (Å²) in [5.41, 5.74) is 1.67. The Bertz CT molecular complexity index is 1040. The minimum Gasteiger partial charge on any atom is -0.493 e. The molecule has 1 heterocycles. The molecule has 31 heavy (non-hydrogen) atoms. The lowest BCUT2D eigenvalue weighted by molar-refractivity contribution is -0.145. The number of carboxylic acids is 1. The summed E-state index contributed by atoms with van der Waals surface area (Å²) in [6, 6.07) is 11.7. The van der Waals surface area contributed by atoms with Gasteiger partial charge in [-0.1, -0.05) is 60.7 Å². The van der Waals surface area contributed by atoms with Crippen LogP contribution in [-0.4, -0.2) is 39.4 Å². The highest BCUT2D eigenvalue weighted by Gasteiger charge is 2.39. The second-order valence-corrected chi connectivity index (χ2v) is 8.75. The van der Waals surface area contributed by atoms with Gasteiger partial charge < -0.3 is 14.6 Å². The van der Waals surface area contributed by atoms with Crippen LogP contribution in [0.3, 0.4) is 0 Å². The zero-order valence-corrected chi connectivity index (χ0v) is 19.2. The van der Waals surface area contributed by atoms with Gasteiger partial charge in [-0.3, -0.25) is 9.69 Å². The van der Waals surface area contributed by atoms with E-state index < -0.39 is 17.9 Å².